The van der Waals surface area contributed by atoms with Crippen LogP contribution in [0.3, 0.4) is 0 Å². The van der Waals surface area contributed by atoms with Crippen LogP contribution in [0.1, 0.15) is 12.7 Å². The molecule has 0 fully saturated rings. The number of benzene rings is 2. The van der Waals surface area contributed by atoms with Crippen molar-refractivity contribution in [2.24, 2.45) is 0 Å². The molecule has 1 aromatic heterocycles. The molecule has 146 valence electrons. The Balaban J connectivity index is 1.59. The molecule has 0 radical (unpaired) electrons. The average Bonchev–Trinajstić information content (AvgIpc) is 3.11. The maximum absolute atomic E-state index is 12.3. The minimum atomic E-state index is -0.207. The molecule has 0 saturated heterocycles. The molecule has 3 rings (SSSR count). The van der Waals surface area contributed by atoms with Crippen molar-refractivity contribution in [1.29, 1.82) is 0 Å². The Hall–Kier alpha value is -2.22. The summed E-state index contributed by atoms with van der Waals surface area (Å²) in [4.78, 5) is 12.3. The van der Waals surface area contributed by atoms with Gasteiger partial charge in [-0.3, -0.25) is 4.79 Å². The minimum Gasteiger partial charge on any atom is -0.486 e. The predicted octanol–water partition coefficient (Wildman–Crippen LogP) is 4.91. The zero-order valence-electron chi connectivity index (χ0n) is 15.1. The van der Waals surface area contributed by atoms with Gasteiger partial charge in [0, 0.05) is 6.54 Å². The van der Waals surface area contributed by atoms with Crippen LogP contribution in [0.4, 0.5) is 5.69 Å². The van der Waals surface area contributed by atoms with Crippen LogP contribution in [-0.4, -0.2) is 26.4 Å². The van der Waals surface area contributed by atoms with Gasteiger partial charge >= 0.3 is 0 Å². The Kier molecular flexibility index (Phi) is 7.19. The van der Waals surface area contributed by atoms with Crippen molar-refractivity contribution in [3.05, 3.63) is 64.4 Å². The molecule has 3 aromatic rings. The first-order valence-electron chi connectivity index (χ1n) is 8.55. The molecule has 0 saturated carbocycles. The van der Waals surface area contributed by atoms with Gasteiger partial charge in [-0.25, -0.2) is 0 Å². The van der Waals surface area contributed by atoms with Crippen LogP contribution >= 0.6 is 35.0 Å². The number of halogens is 2. The van der Waals surface area contributed by atoms with Gasteiger partial charge in [-0.1, -0.05) is 59.2 Å². The van der Waals surface area contributed by atoms with Gasteiger partial charge in [0.1, 0.15) is 12.4 Å². The first-order valence-corrected chi connectivity index (χ1v) is 10.3. The van der Waals surface area contributed by atoms with E-state index in [9.17, 15) is 4.79 Å². The number of anilines is 1. The van der Waals surface area contributed by atoms with Crippen molar-refractivity contribution in [2.75, 3.05) is 11.1 Å². The summed E-state index contributed by atoms with van der Waals surface area (Å²) in [5.41, 5.74) is 0.480. The minimum absolute atomic E-state index is 0.167. The summed E-state index contributed by atoms with van der Waals surface area (Å²) in [5.74, 6) is 1.43. The molecule has 0 spiro atoms. The largest absolute Gasteiger partial charge is 0.486 e. The Morgan fingerprint density at radius 3 is 2.68 bits per heavy atom. The third kappa shape index (κ3) is 5.19. The summed E-state index contributed by atoms with van der Waals surface area (Å²) in [6, 6.07) is 14.6. The normalized spacial score (nSPS) is 10.7. The topological polar surface area (TPSA) is 69.0 Å². The fourth-order valence-corrected chi connectivity index (χ4v) is 3.60. The van der Waals surface area contributed by atoms with Crippen molar-refractivity contribution in [2.45, 2.75) is 25.2 Å². The van der Waals surface area contributed by atoms with Crippen molar-refractivity contribution in [3.63, 3.8) is 0 Å². The van der Waals surface area contributed by atoms with Crippen LogP contribution in [0.2, 0.25) is 10.0 Å². The number of carbonyl (C=O) groups excluding carboxylic acids is 1. The van der Waals surface area contributed by atoms with E-state index in [1.54, 1.807) is 18.2 Å². The highest BCUT2D eigenvalue weighted by atomic mass is 35.5. The smallest absolute Gasteiger partial charge is 0.234 e. The van der Waals surface area contributed by atoms with Crippen molar-refractivity contribution >= 4 is 46.6 Å². The van der Waals surface area contributed by atoms with E-state index in [1.165, 1.54) is 11.8 Å². The van der Waals surface area contributed by atoms with Gasteiger partial charge in [0.25, 0.3) is 0 Å². The summed E-state index contributed by atoms with van der Waals surface area (Å²) in [7, 11) is 0. The SMILES string of the molecule is CCn1c(COc2ccccc2)nnc1SCC(=O)Nc1cccc(Cl)c1Cl. The molecule has 0 aliphatic carbocycles. The van der Waals surface area contributed by atoms with E-state index in [0.717, 1.165) is 5.75 Å². The lowest BCUT2D eigenvalue weighted by Gasteiger charge is -2.10. The Labute approximate surface area is 177 Å². The van der Waals surface area contributed by atoms with Gasteiger partial charge in [0.15, 0.2) is 11.0 Å². The lowest BCUT2D eigenvalue weighted by molar-refractivity contribution is -0.113. The number of hydrogen-bond donors (Lipinski definition) is 1. The summed E-state index contributed by atoms with van der Waals surface area (Å²) in [6.45, 7) is 2.96. The van der Waals surface area contributed by atoms with Gasteiger partial charge in [-0.05, 0) is 31.2 Å². The van der Waals surface area contributed by atoms with Gasteiger partial charge in [-0.2, -0.15) is 0 Å². The number of hydrogen-bond acceptors (Lipinski definition) is 5. The van der Waals surface area contributed by atoms with E-state index < -0.39 is 0 Å². The molecule has 0 atom stereocenters. The van der Waals surface area contributed by atoms with Crippen molar-refractivity contribution in [3.8, 4) is 5.75 Å². The maximum atomic E-state index is 12.3. The monoisotopic (exact) mass is 436 g/mol. The molecule has 9 heteroatoms. The van der Waals surface area contributed by atoms with E-state index in [-0.39, 0.29) is 11.7 Å². The zero-order chi connectivity index (χ0) is 19.9. The van der Waals surface area contributed by atoms with Gasteiger partial charge in [0.2, 0.25) is 5.91 Å². The van der Waals surface area contributed by atoms with Gasteiger partial charge in [0.05, 0.1) is 21.5 Å². The molecule has 1 amide bonds. The zero-order valence-corrected chi connectivity index (χ0v) is 17.4. The summed E-state index contributed by atoms with van der Waals surface area (Å²) < 4.78 is 7.66. The lowest BCUT2D eigenvalue weighted by atomic mass is 10.3. The van der Waals surface area contributed by atoms with E-state index in [0.29, 0.717) is 39.9 Å². The van der Waals surface area contributed by atoms with Crippen LogP contribution in [-0.2, 0) is 17.9 Å². The second kappa shape index (κ2) is 9.82. The Bertz CT molecular complexity index is 950. The predicted molar refractivity (Wildman–Crippen MR) is 112 cm³/mol. The Morgan fingerprint density at radius 1 is 1.14 bits per heavy atom. The number of ether oxygens (including phenoxy) is 1. The lowest BCUT2D eigenvalue weighted by Crippen LogP contribution is -2.15. The second-order valence-electron chi connectivity index (χ2n) is 5.68. The van der Waals surface area contributed by atoms with Crippen molar-refractivity contribution < 1.29 is 9.53 Å². The summed E-state index contributed by atoms with van der Waals surface area (Å²) in [6.07, 6.45) is 0. The van der Waals surface area contributed by atoms with Crippen LogP contribution in [0, 0.1) is 0 Å². The maximum Gasteiger partial charge on any atom is 0.234 e. The molecular formula is C19H18Cl2N4O2S. The van der Waals surface area contributed by atoms with E-state index in [2.05, 4.69) is 15.5 Å². The van der Waals surface area contributed by atoms with Crippen molar-refractivity contribution in [1.82, 2.24) is 14.8 Å². The average molecular weight is 437 g/mol. The van der Waals surface area contributed by atoms with E-state index in [1.807, 2.05) is 41.8 Å². The first kappa shape index (κ1) is 20.5. The molecule has 2 aromatic carbocycles. The van der Waals surface area contributed by atoms with Crippen LogP contribution in [0.15, 0.2) is 53.7 Å². The number of carbonyl (C=O) groups is 1. The number of para-hydroxylation sites is 1. The Morgan fingerprint density at radius 2 is 1.93 bits per heavy atom. The summed E-state index contributed by atoms with van der Waals surface area (Å²) >= 11 is 13.4. The highest BCUT2D eigenvalue weighted by Gasteiger charge is 2.15. The molecule has 1 heterocycles. The highest BCUT2D eigenvalue weighted by Crippen LogP contribution is 2.29. The third-order valence-electron chi connectivity index (χ3n) is 3.78. The quantitative estimate of drug-likeness (QED) is 0.507. The number of nitrogens with one attached hydrogen (secondary N) is 1. The molecule has 0 aliphatic rings. The molecule has 28 heavy (non-hydrogen) atoms. The van der Waals surface area contributed by atoms with E-state index >= 15 is 0 Å². The van der Waals surface area contributed by atoms with Crippen LogP contribution in [0.25, 0.3) is 0 Å². The number of thioether (sulfide) groups is 1. The number of amides is 1. The van der Waals surface area contributed by atoms with Gasteiger partial charge in [-0.15, -0.1) is 10.2 Å². The fourth-order valence-electron chi connectivity index (χ4n) is 2.43. The van der Waals surface area contributed by atoms with Gasteiger partial charge < -0.3 is 14.6 Å². The standard InChI is InChI=1S/C19H18Cl2N4O2S/c1-2-25-16(11-27-13-7-4-3-5-8-13)23-24-19(25)28-12-17(26)22-15-10-6-9-14(20)18(15)21/h3-10H,2,11-12H2,1H3,(H,22,26). The highest BCUT2D eigenvalue weighted by molar-refractivity contribution is 7.99. The molecule has 1 N–H and O–H groups in total. The van der Waals surface area contributed by atoms with Crippen LogP contribution in [0.5, 0.6) is 5.75 Å². The number of nitrogens with zero attached hydrogens (tertiary/aromatic N) is 3. The summed E-state index contributed by atoms with van der Waals surface area (Å²) in [5, 5.41) is 12.5. The van der Waals surface area contributed by atoms with E-state index in [4.69, 9.17) is 27.9 Å². The fraction of sp³-hybridized carbons (Fsp3) is 0.211. The number of rotatable bonds is 8. The molecule has 0 bridgehead atoms. The first-order chi connectivity index (χ1) is 13.6. The third-order valence-corrected chi connectivity index (χ3v) is 5.56. The second-order valence-corrected chi connectivity index (χ2v) is 7.41. The molecule has 0 aliphatic heterocycles. The molecule has 0 unspecified atom stereocenters. The number of aromatic nitrogens is 3. The molecular weight excluding hydrogens is 419 g/mol. The molecule has 6 nitrogen and oxygen atoms in total. The van der Waals surface area contributed by atoms with Crippen LogP contribution < -0.4 is 10.1 Å².